The Bertz CT molecular complexity index is 5930. The number of hydrogen-bond donors (Lipinski definition) is 0. The first-order valence-electron chi connectivity index (χ1n) is 33.4. The van der Waals surface area contributed by atoms with E-state index < -0.39 is 0 Å². The van der Waals surface area contributed by atoms with Gasteiger partial charge < -0.3 is 14.7 Å². The van der Waals surface area contributed by atoms with E-state index in [1.165, 1.54) is 75.8 Å². The van der Waals surface area contributed by atoms with E-state index in [0.29, 0.717) is 0 Å². The minimum Gasteiger partial charge on any atom is -0.310 e. The van der Waals surface area contributed by atoms with Crippen LogP contribution in [-0.4, -0.2) is 0 Å². The first-order chi connectivity index (χ1) is 48.1. The Labute approximate surface area is 564 Å². The Kier molecular flexibility index (Phi) is 14.2. The van der Waals surface area contributed by atoms with Crippen LogP contribution in [0.2, 0.25) is 0 Å². The molecule has 454 valence electrons. The maximum atomic E-state index is 2.50. The fourth-order valence-corrected chi connectivity index (χ4v) is 15.1. The van der Waals surface area contributed by atoms with Crippen molar-refractivity contribution in [1.29, 1.82) is 0 Å². The SMILES string of the molecule is c1ccc(-c2cc(-c3ccc(N(c4ccccc4)c4cccc5ccccc45)cc3)c3c4ccc(N(c5ccccc5)c5ccccc5)cc4c4cc(-c5cc6ccccc6c6ccccc56)ccc4c3c2-c2ccc(N(c3ccccc3)c3cccc4ccccc34)cc2)cc1. The molecule has 0 bridgehead atoms. The van der Waals surface area contributed by atoms with Crippen LogP contribution in [-0.2, 0) is 0 Å². The van der Waals surface area contributed by atoms with Gasteiger partial charge in [-0.25, -0.2) is 0 Å². The van der Waals surface area contributed by atoms with Gasteiger partial charge in [-0.05, 0) is 224 Å². The van der Waals surface area contributed by atoms with Gasteiger partial charge in [0.15, 0.2) is 0 Å². The molecule has 0 saturated heterocycles. The van der Waals surface area contributed by atoms with Gasteiger partial charge in [0.1, 0.15) is 0 Å². The molecule has 18 aromatic rings. The van der Waals surface area contributed by atoms with Crippen LogP contribution in [0.15, 0.2) is 382 Å². The summed E-state index contributed by atoms with van der Waals surface area (Å²) in [4.78, 5) is 7.20. The minimum absolute atomic E-state index is 1.07. The maximum Gasteiger partial charge on any atom is 0.0540 e. The highest BCUT2D eigenvalue weighted by Crippen LogP contribution is 2.53. The Morgan fingerprint density at radius 1 is 0.155 bits per heavy atom. The third kappa shape index (κ3) is 10.1. The fraction of sp³-hybridized carbons (Fsp3) is 0. The van der Waals surface area contributed by atoms with Crippen LogP contribution < -0.4 is 14.7 Å². The molecular weight excluding hydrogens is 1170 g/mol. The van der Waals surface area contributed by atoms with Gasteiger partial charge in [0.25, 0.3) is 0 Å². The third-order valence-corrected chi connectivity index (χ3v) is 19.5. The van der Waals surface area contributed by atoms with Crippen molar-refractivity contribution in [3.63, 3.8) is 0 Å². The molecule has 97 heavy (non-hydrogen) atoms. The Hall–Kier alpha value is -12.8. The first-order valence-corrected chi connectivity index (χ1v) is 33.4. The normalized spacial score (nSPS) is 11.5. The highest BCUT2D eigenvalue weighted by atomic mass is 15.2. The molecule has 18 rings (SSSR count). The second-order valence-corrected chi connectivity index (χ2v) is 25.1. The van der Waals surface area contributed by atoms with E-state index in [1.807, 2.05) is 0 Å². The summed E-state index contributed by atoms with van der Waals surface area (Å²) in [6, 6.07) is 141. The molecule has 3 heteroatoms. The minimum atomic E-state index is 1.07. The van der Waals surface area contributed by atoms with Crippen LogP contribution in [0, 0.1) is 0 Å². The molecule has 0 aliphatic rings. The maximum absolute atomic E-state index is 2.50. The summed E-state index contributed by atoms with van der Waals surface area (Å²) in [5.74, 6) is 0. The molecule has 0 unspecified atom stereocenters. The molecule has 0 fully saturated rings. The molecule has 0 heterocycles. The first kappa shape index (κ1) is 56.9. The van der Waals surface area contributed by atoms with Crippen LogP contribution in [0.1, 0.15) is 0 Å². The summed E-state index contributed by atoms with van der Waals surface area (Å²) in [5, 5.41) is 16.7. The lowest BCUT2D eigenvalue weighted by molar-refractivity contribution is 1.29. The molecule has 0 amide bonds. The summed E-state index contributed by atoms with van der Waals surface area (Å²) in [5.41, 5.74) is 19.0. The Morgan fingerprint density at radius 3 is 1.09 bits per heavy atom. The zero-order valence-corrected chi connectivity index (χ0v) is 53.2. The zero-order chi connectivity index (χ0) is 64.2. The van der Waals surface area contributed by atoms with E-state index in [-0.39, 0.29) is 0 Å². The molecule has 3 nitrogen and oxygen atoms in total. The van der Waals surface area contributed by atoms with Crippen LogP contribution in [0.3, 0.4) is 0 Å². The number of hydrogen-bond acceptors (Lipinski definition) is 3. The molecule has 18 aromatic carbocycles. The monoisotopic (exact) mass is 1230 g/mol. The summed E-state index contributed by atoms with van der Waals surface area (Å²) in [6.07, 6.45) is 0. The summed E-state index contributed by atoms with van der Waals surface area (Å²) in [6.45, 7) is 0. The number of anilines is 9. The molecular formula is C94H63N3. The van der Waals surface area contributed by atoms with Gasteiger partial charge in [-0.15, -0.1) is 0 Å². The number of nitrogens with zero attached hydrogens (tertiary/aromatic N) is 3. The molecule has 0 aliphatic carbocycles. The second kappa shape index (κ2) is 24.3. The highest BCUT2D eigenvalue weighted by molar-refractivity contribution is 6.34. The van der Waals surface area contributed by atoms with Gasteiger partial charge in [-0.2, -0.15) is 0 Å². The number of benzene rings is 18. The smallest absolute Gasteiger partial charge is 0.0540 e. The number of rotatable bonds is 13. The summed E-state index contributed by atoms with van der Waals surface area (Å²) < 4.78 is 0. The lowest BCUT2D eigenvalue weighted by Gasteiger charge is -2.28. The van der Waals surface area contributed by atoms with E-state index in [1.54, 1.807) is 0 Å². The standard InChI is InChI=1S/C94H63N3/c1-6-26-66(27-7-1)86-63-87(67-48-53-75(54-49-67)96(73-37-12-4-13-38-73)90-46-24-31-64-28-16-20-42-79(64)90)93-83-59-57-77(95(71-33-8-2-9-34-71)72-35-10-3-11-36-72)62-89(83)88-61-70(85-60-69-30-18-19-41-78(69)81-44-22-23-45-82(81)85)52-58-84(88)94(93)92(86)68-50-55-76(56-51-68)97(74-39-14-5-15-40-74)91-47-25-32-65-29-17-21-43-80(65)91/h1-63H. The fourth-order valence-electron chi connectivity index (χ4n) is 15.1. The molecule has 0 spiro atoms. The van der Waals surface area contributed by atoms with E-state index in [9.17, 15) is 0 Å². The largest absolute Gasteiger partial charge is 0.310 e. The van der Waals surface area contributed by atoms with Gasteiger partial charge in [0.2, 0.25) is 0 Å². The molecule has 0 aromatic heterocycles. The van der Waals surface area contributed by atoms with Crippen LogP contribution in [0.4, 0.5) is 51.2 Å². The summed E-state index contributed by atoms with van der Waals surface area (Å²) >= 11 is 0. The van der Waals surface area contributed by atoms with Gasteiger partial charge in [0.05, 0.1) is 11.4 Å². The molecule has 0 aliphatic heterocycles. The van der Waals surface area contributed by atoms with Crippen molar-refractivity contribution >= 4 is 127 Å². The Balaban J connectivity index is 0.947. The highest BCUT2D eigenvalue weighted by Gasteiger charge is 2.26. The van der Waals surface area contributed by atoms with Gasteiger partial charge in [0, 0.05) is 50.6 Å². The average Bonchev–Trinajstić information content (AvgIpc) is 0.707. The lowest BCUT2D eigenvalue weighted by Crippen LogP contribution is -2.10. The zero-order valence-electron chi connectivity index (χ0n) is 53.2. The molecule has 0 atom stereocenters. The molecule has 0 N–H and O–H groups in total. The number of para-hydroxylation sites is 4. The molecule has 0 radical (unpaired) electrons. The quantitative estimate of drug-likeness (QED) is 0.107. The number of fused-ring (bicyclic) bond motifs is 11. The van der Waals surface area contributed by atoms with Crippen molar-refractivity contribution in [3.8, 4) is 44.5 Å². The lowest BCUT2D eigenvalue weighted by atomic mass is 9.80. The Morgan fingerprint density at radius 2 is 0.536 bits per heavy atom. The van der Waals surface area contributed by atoms with Crippen molar-refractivity contribution < 1.29 is 0 Å². The van der Waals surface area contributed by atoms with Crippen molar-refractivity contribution in [2.45, 2.75) is 0 Å². The summed E-state index contributed by atoms with van der Waals surface area (Å²) in [7, 11) is 0. The van der Waals surface area contributed by atoms with E-state index in [2.05, 4.69) is 397 Å². The topological polar surface area (TPSA) is 9.72 Å². The van der Waals surface area contributed by atoms with E-state index >= 15 is 0 Å². The average molecular weight is 1230 g/mol. The van der Waals surface area contributed by atoms with Crippen molar-refractivity contribution in [2.24, 2.45) is 0 Å². The van der Waals surface area contributed by atoms with Gasteiger partial charge >= 0.3 is 0 Å². The van der Waals surface area contributed by atoms with Gasteiger partial charge in [-0.1, -0.05) is 267 Å². The van der Waals surface area contributed by atoms with Crippen molar-refractivity contribution in [2.75, 3.05) is 14.7 Å². The predicted molar refractivity (Wildman–Crippen MR) is 415 cm³/mol. The van der Waals surface area contributed by atoms with Gasteiger partial charge in [-0.3, -0.25) is 0 Å². The van der Waals surface area contributed by atoms with E-state index in [0.717, 1.165) is 95.3 Å². The predicted octanol–water partition coefficient (Wildman–Crippen LogP) is 26.8. The van der Waals surface area contributed by atoms with E-state index in [4.69, 9.17) is 0 Å². The van der Waals surface area contributed by atoms with Crippen molar-refractivity contribution in [3.05, 3.63) is 382 Å². The third-order valence-electron chi connectivity index (χ3n) is 19.5. The molecule has 0 saturated carbocycles. The van der Waals surface area contributed by atoms with Crippen LogP contribution in [0.5, 0.6) is 0 Å². The van der Waals surface area contributed by atoms with Crippen LogP contribution >= 0.6 is 0 Å². The second-order valence-electron chi connectivity index (χ2n) is 25.1. The van der Waals surface area contributed by atoms with Crippen LogP contribution in [0.25, 0.3) is 120 Å². The van der Waals surface area contributed by atoms with Crippen molar-refractivity contribution in [1.82, 2.24) is 0 Å².